The molecule has 0 saturated carbocycles. The molecule has 0 bridgehead atoms. The summed E-state index contributed by atoms with van der Waals surface area (Å²) in [7, 11) is -2.19. The van der Waals surface area contributed by atoms with Crippen molar-refractivity contribution in [3.63, 3.8) is 0 Å². The summed E-state index contributed by atoms with van der Waals surface area (Å²) < 4.78 is 31.8. The zero-order valence-corrected chi connectivity index (χ0v) is 23.7. The predicted molar refractivity (Wildman–Crippen MR) is 148 cm³/mol. The van der Waals surface area contributed by atoms with Gasteiger partial charge in [-0.1, -0.05) is 58.4 Å². The average molecular weight is 532 g/mol. The smallest absolute Gasteiger partial charge is 0.244 e. The van der Waals surface area contributed by atoms with E-state index in [2.05, 4.69) is 19.2 Å². The lowest BCUT2D eigenvalue weighted by Crippen LogP contribution is -2.52. The SMILES string of the molecule is CCCCNC(=O)[C@@H](CC)N(Cc1ccc(OC)cc1)C(=O)CN(c1ccc(C(C)C)cc1)S(C)(=O)=O. The van der Waals surface area contributed by atoms with Crippen molar-refractivity contribution < 1.29 is 22.7 Å². The van der Waals surface area contributed by atoms with Crippen molar-refractivity contribution >= 4 is 27.5 Å². The van der Waals surface area contributed by atoms with Gasteiger partial charge in [0, 0.05) is 13.1 Å². The summed E-state index contributed by atoms with van der Waals surface area (Å²) in [6.45, 7) is 8.27. The zero-order valence-electron chi connectivity index (χ0n) is 22.9. The monoisotopic (exact) mass is 531 g/mol. The van der Waals surface area contributed by atoms with Crippen LogP contribution in [0.15, 0.2) is 48.5 Å². The van der Waals surface area contributed by atoms with E-state index in [1.165, 1.54) is 4.90 Å². The number of amides is 2. The second kappa shape index (κ2) is 14.0. The van der Waals surface area contributed by atoms with Crippen LogP contribution in [0.3, 0.4) is 0 Å². The predicted octanol–water partition coefficient (Wildman–Crippen LogP) is 4.31. The van der Waals surface area contributed by atoms with E-state index in [9.17, 15) is 18.0 Å². The van der Waals surface area contributed by atoms with Crippen molar-refractivity contribution in [2.75, 3.05) is 30.8 Å². The third kappa shape index (κ3) is 8.77. The normalized spacial score (nSPS) is 12.2. The second-order valence-corrected chi connectivity index (χ2v) is 11.4. The summed E-state index contributed by atoms with van der Waals surface area (Å²) in [6, 6.07) is 13.7. The number of nitrogens with zero attached hydrogens (tertiary/aromatic N) is 2. The number of nitrogens with one attached hydrogen (secondary N) is 1. The number of hydrogen-bond donors (Lipinski definition) is 1. The van der Waals surface area contributed by atoms with Crippen LogP contribution in [0.5, 0.6) is 5.75 Å². The Bertz CT molecular complexity index is 1120. The molecular weight excluding hydrogens is 490 g/mol. The minimum absolute atomic E-state index is 0.159. The molecule has 0 saturated heterocycles. The molecule has 0 aliphatic rings. The molecule has 0 fully saturated rings. The maximum Gasteiger partial charge on any atom is 0.244 e. The van der Waals surface area contributed by atoms with Crippen molar-refractivity contribution in [1.29, 1.82) is 0 Å². The van der Waals surface area contributed by atoms with Gasteiger partial charge in [-0.25, -0.2) is 8.42 Å². The number of ether oxygens (including phenoxy) is 1. The van der Waals surface area contributed by atoms with Crippen LogP contribution in [0, 0.1) is 0 Å². The largest absolute Gasteiger partial charge is 0.497 e. The highest BCUT2D eigenvalue weighted by Gasteiger charge is 2.31. The van der Waals surface area contributed by atoms with Crippen LogP contribution < -0.4 is 14.4 Å². The van der Waals surface area contributed by atoms with Gasteiger partial charge in [0.1, 0.15) is 18.3 Å². The average Bonchev–Trinajstić information content (AvgIpc) is 2.87. The van der Waals surface area contributed by atoms with Crippen LogP contribution >= 0.6 is 0 Å². The number of benzene rings is 2. The number of rotatable bonds is 14. The molecule has 0 radical (unpaired) electrons. The van der Waals surface area contributed by atoms with E-state index in [0.29, 0.717) is 30.3 Å². The first-order chi connectivity index (χ1) is 17.5. The van der Waals surface area contributed by atoms with Gasteiger partial charge >= 0.3 is 0 Å². The molecule has 2 amide bonds. The number of unbranched alkanes of at least 4 members (excludes halogenated alkanes) is 1. The molecule has 1 N–H and O–H groups in total. The molecule has 0 spiro atoms. The number of methoxy groups -OCH3 is 1. The first-order valence-corrected chi connectivity index (χ1v) is 14.6. The van der Waals surface area contributed by atoms with Crippen molar-refractivity contribution in [2.45, 2.75) is 65.5 Å². The van der Waals surface area contributed by atoms with Gasteiger partial charge < -0.3 is 15.0 Å². The Morgan fingerprint density at radius 1 is 1.00 bits per heavy atom. The van der Waals surface area contributed by atoms with E-state index < -0.39 is 28.5 Å². The quantitative estimate of drug-likeness (QED) is 0.367. The summed E-state index contributed by atoms with van der Waals surface area (Å²) in [4.78, 5) is 28.3. The Morgan fingerprint density at radius 3 is 2.11 bits per heavy atom. The molecule has 9 heteroatoms. The zero-order chi connectivity index (χ0) is 27.6. The fourth-order valence-corrected chi connectivity index (χ4v) is 4.84. The molecule has 37 heavy (non-hydrogen) atoms. The number of carbonyl (C=O) groups is 2. The van der Waals surface area contributed by atoms with E-state index in [-0.39, 0.29) is 12.5 Å². The van der Waals surface area contributed by atoms with Crippen LogP contribution in [0.2, 0.25) is 0 Å². The third-order valence-electron chi connectivity index (χ3n) is 6.25. The molecule has 0 aliphatic heterocycles. The minimum Gasteiger partial charge on any atom is -0.497 e. The number of sulfonamides is 1. The fraction of sp³-hybridized carbons (Fsp3) is 0.500. The van der Waals surface area contributed by atoms with E-state index in [1.54, 1.807) is 31.4 Å². The molecule has 2 rings (SSSR count). The van der Waals surface area contributed by atoms with Crippen molar-refractivity contribution in [3.05, 3.63) is 59.7 Å². The second-order valence-electron chi connectivity index (χ2n) is 9.45. The molecule has 0 aliphatic carbocycles. The van der Waals surface area contributed by atoms with E-state index in [0.717, 1.165) is 34.5 Å². The maximum absolute atomic E-state index is 13.7. The summed E-state index contributed by atoms with van der Waals surface area (Å²) in [5, 5.41) is 2.92. The van der Waals surface area contributed by atoms with E-state index in [4.69, 9.17) is 4.74 Å². The third-order valence-corrected chi connectivity index (χ3v) is 7.39. The Kier molecular flexibility index (Phi) is 11.4. The number of hydrogen-bond acceptors (Lipinski definition) is 5. The maximum atomic E-state index is 13.7. The summed E-state index contributed by atoms with van der Waals surface area (Å²) in [5.41, 5.74) is 2.28. The minimum atomic E-state index is -3.76. The van der Waals surface area contributed by atoms with Crippen LogP contribution in [0.4, 0.5) is 5.69 Å². The molecule has 0 heterocycles. The highest BCUT2D eigenvalue weighted by atomic mass is 32.2. The van der Waals surface area contributed by atoms with Crippen molar-refractivity contribution in [2.24, 2.45) is 0 Å². The van der Waals surface area contributed by atoms with Crippen molar-refractivity contribution in [3.8, 4) is 5.75 Å². The molecule has 0 aromatic heterocycles. The fourth-order valence-electron chi connectivity index (χ4n) is 3.99. The van der Waals surface area contributed by atoms with Gasteiger partial charge in [-0.05, 0) is 54.2 Å². The van der Waals surface area contributed by atoms with E-state index >= 15 is 0 Å². The molecular formula is C28H41N3O5S. The lowest BCUT2D eigenvalue weighted by atomic mass is 10.0. The molecule has 204 valence electrons. The number of anilines is 1. The summed E-state index contributed by atoms with van der Waals surface area (Å²) in [6.07, 6.45) is 3.24. The van der Waals surface area contributed by atoms with Gasteiger partial charge in [0.15, 0.2) is 0 Å². The van der Waals surface area contributed by atoms with Crippen LogP contribution in [-0.4, -0.2) is 57.6 Å². The van der Waals surface area contributed by atoms with Crippen LogP contribution in [-0.2, 0) is 26.2 Å². The molecule has 1 atom stereocenters. The van der Waals surface area contributed by atoms with Gasteiger partial charge in [0.05, 0.1) is 19.1 Å². The summed E-state index contributed by atoms with van der Waals surface area (Å²) >= 11 is 0. The lowest BCUT2D eigenvalue weighted by Gasteiger charge is -2.33. The molecule has 8 nitrogen and oxygen atoms in total. The van der Waals surface area contributed by atoms with Gasteiger partial charge in [-0.3, -0.25) is 13.9 Å². The first kappa shape index (κ1) is 30.2. The number of carbonyl (C=O) groups excluding carboxylic acids is 2. The van der Waals surface area contributed by atoms with Gasteiger partial charge in [0.25, 0.3) is 0 Å². The molecule has 2 aromatic rings. The molecule has 0 unspecified atom stereocenters. The highest BCUT2D eigenvalue weighted by Crippen LogP contribution is 2.23. The van der Waals surface area contributed by atoms with Gasteiger partial charge in [0.2, 0.25) is 21.8 Å². The Balaban J connectivity index is 2.40. The summed E-state index contributed by atoms with van der Waals surface area (Å²) in [5.74, 6) is 0.273. The van der Waals surface area contributed by atoms with E-state index in [1.807, 2.05) is 38.1 Å². The standard InChI is InChI=1S/C28H41N3O5S/c1-7-9-18-29-28(33)26(8-2)30(19-22-10-16-25(36-5)17-11-22)27(32)20-31(37(6,34)35)24-14-12-23(13-15-24)21(3)4/h10-17,21,26H,7-9,18-20H2,1-6H3,(H,29,33)/t26-/m1/s1. The van der Waals surface area contributed by atoms with Crippen molar-refractivity contribution in [1.82, 2.24) is 10.2 Å². The van der Waals surface area contributed by atoms with Crippen LogP contribution in [0.1, 0.15) is 64.0 Å². The molecule has 2 aromatic carbocycles. The topological polar surface area (TPSA) is 96.0 Å². The Morgan fingerprint density at radius 2 is 1.62 bits per heavy atom. The Hall–Kier alpha value is -3.07. The highest BCUT2D eigenvalue weighted by molar-refractivity contribution is 7.92. The van der Waals surface area contributed by atoms with Gasteiger partial charge in [-0.2, -0.15) is 0 Å². The van der Waals surface area contributed by atoms with Gasteiger partial charge in [-0.15, -0.1) is 0 Å². The Labute approximate surface area is 222 Å². The first-order valence-electron chi connectivity index (χ1n) is 12.8. The van der Waals surface area contributed by atoms with Crippen LogP contribution in [0.25, 0.3) is 0 Å². The lowest BCUT2D eigenvalue weighted by molar-refractivity contribution is -0.140.